The maximum absolute atomic E-state index is 12.9. The number of nitrogens with zero attached hydrogens (tertiary/aromatic N) is 2. The first-order valence-electron chi connectivity index (χ1n) is 8.76. The van der Waals surface area contributed by atoms with Crippen LogP contribution in [0.2, 0.25) is 0 Å². The summed E-state index contributed by atoms with van der Waals surface area (Å²) in [6.45, 7) is 7.66. The Labute approximate surface area is 159 Å². The smallest absolute Gasteiger partial charge is 0.475 e. The number of phenolic OH excluding ortho intramolecular Hbond substituents is 1. The van der Waals surface area contributed by atoms with E-state index < -0.39 is 13.9 Å². The maximum atomic E-state index is 12.9. The van der Waals surface area contributed by atoms with Gasteiger partial charge in [0.15, 0.2) is 0 Å². The average molecular weight is 395 g/mol. The number of aryl methyl sites for hydroxylation is 2. The quantitative estimate of drug-likeness (QED) is 0.579. The molecular formula is C18H26N3O5P. The SMILES string of the molecule is CCOP(=O)(OCC)OC(CNc1cnccn1)c1cc(C)c(O)c(C)c1. The van der Waals surface area contributed by atoms with Gasteiger partial charge in [-0.15, -0.1) is 0 Å². The first-order chi connectivity index (χ1) is 12.9. The Morgan fingerprint density at radius 3 is 2.30 bits per heavy atom. The van der Waals surface area contributed by atoms with E-state index in [1.54, 1.807) is 58.4 Å². The standard InChI is InChI=1S/C18H26N3O5P/c1-5-24-27(23,25-6-2)26-16(11-21-17-12-19-7-8-20-17)15-9-13(3)18(22)14(4)10-15/h7-10,12,16,22H,5-6,11H2,1-4H3,(H,20,21). The maximum Gasteiger partial charge on any atom is 0.475 e. The van der Waals surface area contributed by atoms with Gasteiger partial charge in [0.05, 0.1) is 19.4 Å². The third-order valence-corrected chi connectivity index (χ3v) is 5.41. The summed E-state index contributed by atoms with van der Waals surface area (Å²) in [5.74, 6) is 0.776. The van der Waals surface area contributed by atoms with E-state index in [-0.39, 0.29) is 25.5 Å². The van der Waals surface area contributed by atoms with Crippen molar-refractivity contribution in [2.24, 2.45) is 0 Å². The Hall–Kier alpha value is -1.99. The Balaban J connectivity index is 2.31. The number of aromatic hydroxyl groups is 1. The molecule has 0 bridgehead atoms. The van der Waals surface area contributed by atoms with E-state index in [9.17, 15) is 9.67 Å². The lowest BCUT2D eigenvalue weighted by Gasteiger charge is -2.25. The molecule has 2 N–H and O–H groups in total. The number of phenols is 1. The van der Waals surface area contributed by atoms with E-state index in [4.69, 9.17) is 13.6 Å². The molecule has 0 aliphatic carbocycles. The van der Waals surface area contributed by atoms with Gasteiger partial charge in [-0.25, -0.2) is 9.55 Å². The van der Waals surface area contributed by atoms with Gasteiger partial charge in [0.1, 0.15) is 17.7 Å². The lowest BCUT2D eigenvalue weighted by Crippen LogP contribution is -2.17. The van der Waals surface area contributed by atoms with Crippen LogP contribution >= 0.6 is 7.82 Å². The van der Waals surface area contributed by atoms with Crippen LogP contribution in [0, 0.1) is 13.8 Å². The van der Waals surface area contributed by atoms with Gasteiger partial charge < -0.3 is 10.4 Å². The van der Waals surface area contributed by atoms with Crippen LogP contribution in [0.4, 0.5) is 5.82 Å². The van der Waals surface area contributed by atoms with Gasteiger partial charge in [-0.3, -0.25) is 18.6 Å². The largest absolute Gasteiger partial charge is 0.507 e. The highest BCUT2D eigenvalue weighted by Crippen LogP contribution is 2.53. The summed E-state index contributed by atoms with van der Waals surface area (Å²) in [6, 6.07) is 3.57. The molecule has 1 heterocycles. The van der Waals surface area contributed by atoms with Crippen molar-refractivity contribution < 1.29 is 23.2 Å². The van der Waals surface area contributed by atoms with Crippen LogP contribution in [0.15, 0.2) is 30.7 Å². The molecule has 9 heteroatoms. The Morgan fingerprint density at radius 2 is 1.78 bits per heavy atom. The summed E-state index contributed by atoms with van der Waals surface area (Å²) in [5, 5.41) is 13.2. The molecule has 8 nitrogen and oxygen atoms in total. The summed E-state index contributed by atoms with van der Waals surface area (Å²) in [4.78, 5) is 8.17. The number of anilines is 1. The van der Waals surface area contributed by atoms with E-state index in [0.717, 1.165) is 5.56 Å². The number of aromatic nitrogens is 2. The van der Waals surface area contributed by atoms with Crippen molar-refractivity contribution in [1.29, 1.82) is 0 Å². The van der Waals surface area contributed by atoms with Crippen LogP contribution in [0.25, 0.3) is 0 Å². The fourth-order valence-corrected chi connectivity index (χ4v) is 3.89. The Bertz CT molecular complexity index is 755. The number of phosphoric ester groups is 1. The number of benzene rings is 1. The van der Waals surface area contributed by atoms with E-state index in [2.05, 4.69) is 15.3 Å². The molecule has 1 aromatic carbocycles. The molecule has 0 amide bonds. The molecule has 1 atom stereocenters. The molecule has 2 rings (SSSR count). The zero-order valence-corrected chi connectivity index (χ0v) is 16.9. The topological polar surface area (TPSA) is 103 Å². The minimum Gasteiger partial charge on any atom is -0.507 e. The lowest BCUT2D eigenvalue weighted by atomic mass is 10.0. The summed E-state index contributed by atoms with van der Waals surface area (Å²) in [6.07, 6.45) is 4.06. The highest BCUT2D eigenvalue weighted by Gasteiger charge is 2.31. The lowest BCUT2D eigenvalue weighted by molar-refractivity contribution is 0.0883. The van der Waals surface area contributed by atoms with Crippen molar-refractivity contribution in [3.63, 3.8) is 0 Å². The van der Waals surface area contributed by atoms with Crippen LogP contribution in [0.1, 0.15) is 36.6 Å². The third-order valence-electron chi connectivity index (χ3n) is 3.75. The van der Waals surface area contributed by atoms with Gasteiger partial charge >= 0.3 is 7.82 Å². The van der Waals surface area contributed by atoms with Crippen LogP contribution in [0.3, 0.4) is 0 Å². The van der Waals surface area contributed by atoms with Gasteiger partial charge in [-0.2, -0.15) is 0 Å². The average Bonchev–Trinajstić information content (AvgIpc) is 2.64. The molecule has 0 aliphatic heterocycles. The molecule has 148 valence electrons. The van der Waals surface area contributed by atoms with Gasteiger partial charge in [-0.05, 0) is 56.5 Å². The van der Waals surface area contributed by atoms with E-state index in [1.807, 2.05) is 0 Å². The number of rotatable bonds is 10. The molecule has 0 saturated carbocycles. The number of nitrogens with one attached hydrogen (secondary N) is 1. The van der Waals surface area contributed by atoms with E-state index in [0.29, 0.717) is 16.9 Å². The molecule has 0 aliphatic rings. The van der Waals surface area contributed by atoms with Gasteiger partial charge in [0.2, 0.25) is 0 Å². The Morgan fingerprint density at radius 1 is 1.15 bits per heavy atom. The van der Waals surface area contributed by atoms with Crippen molar-refractivity contribution in [2.45, 2.75) is 33.8 Å². The second kappa shape index (κ2) is 9.80. The van der Waals surface area contributed by atoms with Crippen LogP contribution in [0.5, 0.6) is 5.75 Å². The predicted molar refractivity (Wildman–Crippen MR) is 103 cm³/mol. The summed E-state index contributed by atoms with van der Waals surface area (Å²) >= 11 is 0. The third kappa shape index (κ3) is 6.01. The van der Waals surface area contributed by atoms with Crippen molar-refractivity contribution in [3.05, 3.63) is 47.4 Å². The molecule has 0 fully saturated rings. The summed E-state index contributed by atoms with van der Waals surface area (Å²) in [5.41, 5.74) is 2.13. The molecule has 1 aromatic heterocycles. The van der Waals surface area contributed by atoms with Crippen molar-refractivity contribution in [2.75, 3.05) is 25.1 Å². The zero-order chi connectivity index (χ0) is 19.9. The van der Waals surface area contributed by atoms with Crippen LogP contribution in [-0.4, -0.2) is 34.8 Å². The molecule has 2 aromatic rings. The molecule has 1 unspecified atom stereocenters. The predicted octanol–water partition coefficient (Wildman–Crippen LogP) is 4.15. The van der Waals surface area contributed by atoms with Crippen LogP contribution < -0.4 is 5.32 Å². The van der Waals surface area contributed by atoms with Gasteiger partial charge in [-0.1, -0.05) is 0 Å². The van der Waals surface area contributed by atoms with E-state index in [1.165, 1.54) is 0 Å². The fraction of sp³-hybridized carbons (Fsp3) is 0.444. The van der Waals surface area contributed by atoms with Gasteiger partial charge in [0.25, 0.3) is 0 Å². The van der Waals surface area contributed by atoms with E-state index >= 15 is 0 Å². The molecule has 27 heavy (non-hydrogen) atoms. The molecular weight excluding hydrogens is 369 g/mol. The first kappa shape index (κ1) is 21.3. The highest BCUT2D eigenvalue weighted by molar-refractivity contribution is 7.48. The van der Waals surface area contributed by atoms with Crippen molar-refractivity contribution in [1.82, 2.24) is 9.97 Å². The van der Waals surface area contributed by atoms with Crippen molar-refractivity contribution >= 4 is 13.6 Å². The zero-order valence-electron chi connectivity index (χ0n) is 16.0. The molecule has 0 saturated heterocycles. The van der Waals surface area contributed by atoms with Gasteiger partial charge in [0, 0.05) is 18.9 Å². The second-order valence-corrected chi connectivity index (χ2v) is 7.47. The molecule has 0 radical (unpaired) electrons. The Kier molecular flexibility index (Phi) is 7.74. The minimum absolute atomic E-state index is 0.190. The van der Waals surface area contributed by atoms with Crippen molar-refractivity contribution in [3.8, 4) is 5.75 Å². The fourth-order valence-electron chi connectivity index (χ4n) is 2.55. The van der Waals surface area contributed by atoms with Crippen LogP contribution in [-0.2, 0) is 18.1 Å². The summed E-state index contributed by atoms with van der Waals surface area (Å²) < 4.78 is 29.2. The number of hydrogen-bond donors (Lipinski definition) is 2. The first-order valence-corrected chi connectivity index (χ1v) is 10.2. The minimum atomic E-state index is -3.74. The number of hydrogen-bond acceptors (Lipinski definition) is 8. The monoisotopic (exact) mass is 395 g/mol. The highest BCUT2D eigenvalue weighted by atomic mass is 31.2. The normalized spacial score (nSPS) is 12.7. The number of phosphoric acid groups is 1. The second-order valence-electron chi connectivity index (χ2n) is 5.85. The summed E-state index contributed by atoms with van der Waals surface area (Å²) in [7, 11) is -3.74. The molecule has 0 spiro atoms.